The molecular weight excluding hydrogens is 389 g/mol. The topological polar surface area (TPSA) is 57.2 Å². The summed E-state index contributed by atoms with van der Waals surface area (Å²) in [4.78, 5) is 0.327. The van der Waals surface area contributed by atoms with Gasteiger partial charge in [0.1, 0.15) is 5.82 Å². The third-order valence-corrected chi connectivity index (χ3v) is 5.39. The fraction of sp³-hybridized carbons (Fsp3) is 0.333. The SMILES string of the molecule is CCc1cc2ccc(F)cc2[s+]1C(F)(F)F.O=S(=O)([O-])C(F)(F)F. The Hall–Kier alpha value is -1.40. The maximum Gasteiger partial charge on any atom is 0.600 e. The van der Waals surface area contributed by atoms with Crippen LogP contribution in [0.4, 0.5) is 30.7 Å². The number of hydrogen-bond donors (Lipinski definition) is 0. The molecule has 24 heavy (non-hydrogen) atoms. The lowest BCUT2D eigenvalue weighted by molar-refractivity contribution is -0.0867. The van der Waals surface area contributed by atoms with Crippen molar-refractivity contribution >= 4 is 30.7 Å². The van der Waals surface area contributed by atoms with E-state index in [1.165, 1.54) is 18.2 Å². The van der Waals surface area contributed by atoms with E-state index >= 15 is 0 Å². The average Bonchev–Trinajstić information content (AvgIpc) is 2.74. The van der Waals surface area contributed by atoms with E-state index in [1.807, 2.05) is 0 Å². The van der Waals surface area contributed by atoms with Crippen LogP contribution in [0.1, 0.15) is 11.8 Å². The summed E-state index contributed by atoms with van der Waals surface area (Å²) < 4.78 is 111. The largest absolute Gasteiger partial charge is 0.741 e. The first-order valence-corrected chi connectivity index (χ1v) is 8.65. The first-order chi connectivity index (χ1) is 10.7. The Morgan fingerprint density at radius 3 is 1.96 bits per heavy atom. The fourth-order valence-electron chi connectivity index (χ4n) is 1.70. The number of rotatable bonds is 1. The zero-order chi connectivity index (χ0) is 18.9. The van der Waals surface area contributed by atoms with Crippen molar-refractivity contribution < 1.29 is 43.7 Å². The monoisotopic (exact) mass is 398 g/mol. The summed E-state index contributed by atoms with van der Waals surface area (Å²) in [7, 11) is -8.04. The third-order valence-electron chi connectivity index (χ3n) is 2.64. The van der Waals surface area contributed by atoms with Gasteiger partial charge in [-0.1, -0.05) is 6.92 Å². The Morgan fingerprint density at radius 2 is 1.58 bits per heavy atom. The summed E-state index contributed by atoms with van der Waals surface area (Å²) in [6, 6.07) is 5.10. The van der Waals surface area contributed by atoms with Gasteiger partial charge in [-0.15, -0.1) is 13.2 Å². The van der Waals surface area contributed by atoms with E-state index < -0.39 is 37.4 Å². The number of hydrogen-bond acceptors (Lipinski definition) is 3. The van der Waals surface area contributed by atoms with Gasteiger partial charge in [0.05, 0.1) is 10.5 Å². The standard InChI is InChI=1S/C11H9F4S.CHF3O3S/c1-2-9-5-7-3-4-8(12)6-10(7)16(9)11(13,14)15;2-1(3,4)8(5,6)7/h3-6H,2H2,1H3;(H,5,6,7)/q+1;/p-1. The van der Waals surface area contributed by atoms with Gasteiger partial charge in [0.25, 0.3) is 0 Å². The first kappa shape index (κ1) is 20.6. The molecule has 136 valence electrons. The fourth-order valence-corrected chi connectivity index (χ4v) is 3.65. The molecule has 0 spiro atoms. The lowest BCUT2D eigenvalue weighted by Crippen LogP contribution is -2.21. The number of aryl methyl sites for hydroxylation is 1. The molecule has 0 aliphatic rings. The van der Waals surface area contributed by atoms with Crippen molar-refractivity contribution in [3.8, 4) is 0 Å². The van der Waals surface area contributed by atoms with E-state index in [4.69, 9.17) is 13.0 Å². The van der Waals surface area contributed by atoms with Crippen molar-refractivity contribution in [2.75, 3.05) is 0 Å². The number of alkyl halides is 6. The van der Waals surface area contributed by atoms with Crippen molar-refractivity contribution in [2.45, 2.75) is 24.4 Å². The van der Waals surface area contributed by atoms with Crippen LogP contribution in [0.3, 0.4) is 0 Å². The van der Waals surface area contributed by atoms with Crippen molar-refractivity contribution in [3.05, 3.63) is 35.0 Å². The smallest absolute Gasteiger partial charge is 0.600 e. The summed E-state index contributed by atoms with van der Waals surface area (Å²) in [5.74, 6) is -0.619. The Bertz CT molecular complexity index is 820. The van der Waals surface area contributed by atoms with E-state index in [9.17, 15) is 30.7 Å². The van der Waals surface area contributed by atoms with Crippen LogP contribution in [0.5, 0.6) is 0 Å². The highest BCUT2D eigenvalue weighted by Crippen LogP contribution is 2.51. The van der Waals surface area contributed by atoms with Gasteiger partial charge < -0.3 is 4.55 Å². The molecule has 0 saturated carbocycles. The molecule has 3 nitrogen and oxygen atoms in total. The van der Waals surface area contributed by atoms with Gasteiger partial charge >= 0.3 is 11.0 Å². The van der Waals surface area contributed by atoms with Crippen molar-refractivity contribution in [2.24, 2.45) is 0 Å². The van der Waals surface area contributed by atoms with Crippen LogP contribution in [0.25, 0.3) is 10.1 Å². The van der Waals surface area contributed by atoms with Crippen molar-refractivity contribution in [1.29, 1.82) is 0 Å². The van der Waals surface area contributed by atoms with E-state index in [-0.39, 0.29) is 4.70 Å². The molecule has 12 heteroatoms. The second-order valence-corrected chi connectivity index (χ2v) is 7.71. The minimum atomic E-state index is -6.09. The quantitative estimate of drug-likeness (QED) is 0.300. The Kier molecular flexibility index (Phi) is 5.89. The molecule has 0 aliphatic carbocycles. The highest BCUT2D eigenvalue weighted by Gasteiger charge is 2.47. The minimum Gasteiger partial charge on any atom is -0.741 e. The molecule has 1 aromatic heterocycles. The van der Waals surface area contributed by atoms with Crippen LogP contribution in [-0.4, -0.2) is 18.5 Å². The third kappa shape index (κ3) is 4.80. The second-order valence-electron chi connectivity index (χ2n) is 4.30. The summed E-state index contributed by atoms with van der Waals surface area (Å²) in [6.45, 7) is 1.68. The van der Waals surface area contributed by atoms with Crippen LogP contribution in [0, 0.1) is 5.82 Å². The zero-order valence-electron chi connectivity index (χ0n) is 11.7. The van der Waals surface area contributed by atoms with Gasteiger partial charge in [-0.2, -0.15) is 13.2 Å². The number of benzene rings is 1. The van der Waals surface area contributed by atoms with Gasteiger partial charge in [-0.25, -0.2) is 12.8 Å². The van der Waals surface area contributed by atoms with Crippen molar-refractivity contribution in [1.82, 2.24) is 0 Å². The Labute approximate surface area is 134 Å². The zero-order valence-corrected chi connectivity index (χ0v) is 13.3. The van der Waals surface area contributed by atoms with Gasteiger partial charge in [0, 0.05) is 23.9 Å². The molecule has 0 radical (unpaired) electrons. The summed E-state index contributed by atoms with van der Waals surface area (Å²) in [5, 5.41) is 0.485. The predicted molar refractivity (Wildman–Crippen MR) is 72.8 cm³/mol. The van der Waals surface area contributed by atoms with E-state index in [1.54, 1.807) is 6.92 Å². The Balaban J connectivity index is 0.000000307. The first-order valence-electron chi connectivity index (χ1n) is 6.02. The Morgan fingerprint density at radius 1 is 1.08 bits per heavy atom. The second kappa shape index (κ2) is 6.84. The number of fused-ring (bicyclic) bond motifs is 1. The molecular formula is C12H9F7O3S2. The summed E-state index contributed by atoms with van der Waals surface area (Å²) in [6.07, 6.45) is 0.332. The molecule has 0 saturated heterocycles. The molecule has 0 N–H and O–H groups in total. The predicted octanol–water partition coefficient (Wildman–Crippen LogP) is 4.82. The van der Waals surface area contributed by atoms with Gasteiger partial charge in [0.15, 0.2) is 19.7 Å². The molecule has 0 amide bonds. The lowest BCUT2D eigenvalue weighted by atomic mass is 10.2. The summed E-state index contributed by atoms with van der Waals surface area (Å²) in [5.41, 5.74) is -9.96. The van der Waals surface area contributed by atoms with Crippen LogP contribution in [0.15, 0.2) is 24.3 Å². The van der Waals surface area contributed by atoms with Gasteiger partial charge in [0.2, 0.25) is 0 Å². The van der Waals surface area contributed by atoms with Crippen LogP contribution >= 0.6 is 10.5 Å². The average molecular weight is 398 g/mol. The molecule has 0 fully saturated rings. The highest BCUT2D eigenvalue weighted by molar-refractivity contribution is 7.86. The highest BCUT2D eigenvalue weighted by atomic mass is 32.2. The van der Waals surface area contributed by atoms with Crippen LogP contribution in [0.2, 0.25) is 0 Å². The molecule has 1 aromatic carbocycles. The van der Waals surface area contributed by atoms with E-state index in [2.05, 4.69) is 0 Å². The molecule has 0 aliphatic heterocycles. The van der Waals surface area contributed by atoms with Crippen LogP contribution < -0.4 is 0 Å². The van der Waals surface area contributed by atoms with Gasteiger partial charge in [-0.3, -0.25) is 0 Å². The number of halogens is 7. The molecule has 1 atom stereocenters. The normalized spacial score (nSPS) is 13.6. The van der Waals surface area contributed by atoms with Gasteiger partial charge in [-0.05, 0) is 12.1 Å². The van der Waals surface area contributed by atoms with Crippen molar-refractivity contribution in [3.63, 3.8) is 0 Å². The number of thiophene rings is 1. The minimum absolute atomic E-state index is 0.0596. The maximum atomic E-state index is 13.0. The molecule has 2 aromatic rings. The molecule has 0 bridgehead atoms. The van der Waals surface area contributed by atoms with E-state index in [0.29, 0.717) is 16.7 Å². The van der Waals surface area contributed by atoms with E-state index in [0.717, 1.165) is 6.07 Å². The maximum absolute atomic E-state index is 13.0. The molecule has 2 rings (SSSR count). The molecule has 1 unspecified atom stereocenters. The lowest BCUT2D eigenvalue weighted by Gasteiger charge is -2.08. The van der Waals surface area contributed by atoms with Crippen LogP contribution in [-0.2, 0) is 22.0 Å². The molecule has 1 heterocycles. The summed E-state index contributed by atoms with van der Waals surface area (Å²) >= 11 is 0.